The van der Waals surface area contributed by atoms with Crippen LogP contribution in [0.25, 0.3) is 5.13 Å². The summed E-state index contributed by atoms with van der Waals surface area (Å²) in [6.45, 7) is 2.45. The molecule has 1 amide bonds. The Kier molecular flexibility index (Phi) is 4.79. The van der Waals surface area contributed by atoms with Crippen molar-refractivity contribution in [2.24, 2.45) is 0 Å². The fraction of sp³-hybridized carbons (Fsp3) is 0.176. The van der Waals surface area contributed by atoms with E-state index < -0.39 is 0 Å². The highest BCUT2D eigenvalue weighted by Crippen LogP contribution is 2.23. The summed E-state index contributed by atoms with van der Waals surface area (Å²) in [5.74, 6) is -0.0993. The smallest absolute Gasteiger partial charge is 0.263 e. The van der Waals surface area contributed by atoms with Gasteiger partial charge in [0.2, 0.25) is 0 Å². The number of rotatable bonds is 5. The molecule has 0 spiro atoms. The second-order valence-corrected chi connectivity index (χ2v) is 6.44. The van der Waals surface area contributed by atoms with Gasteiger partial charge in [-0.25, -0.2) is 4.98 Å². The van der Waals surface area contributed by atoms with E-state index in [1.54, 1.807) is 0 Å². The van der Waals surface area contributed by atoms with E-state index in [0.29, 0.717) is 16.4 Å². The van der Waals surface area contributed by atoms with Gasteiger partial charge in [-0.05, 0) is 36.2 Å². The maximum Gasteiger partial charge on any atom is 0.263 e. The maximum atomic E-state index is 12.5. The highest BCUT2D eigenvalue weighted by molar-refractivity contribution is 7.16. The number of aryl methyl sites for hydroxylation is 1. The van der Waals surface area contributed by atoms with Crippen molar-refractivity contribution in [1.82, 2.24) is 14.9 Å². The van der Waals surface area contributed by atoms with Crippen molar-refractivity contribution in [2.45, 2.75) is 19.9 Å². The molecule has 0 fully saturated rings. The quantitative estimate of drug-likeness (QED) is 0.757. The summed E-state index contributed by atoms with van der Waals surface area (Å²) in [5, 5.41) is 4.41. The number of nitrogens with zero attached hydrogens (tertiary/aromatic N) is 2. The minimum absolute atomic E-state index is 0.0993. The van der Waals surface area contributed by atoms with Crippen molar-refractivity contribution in [3.05, 3.63) is 69.9 Å². The Labute approximate surface area is 143 Å². The molecule has 6 heteroatoms. The van der Waals surface area contributed by atoms with Crippen LogP contribution in [0.2, 0.25) is 5.02 Å². The number of amides is 1. The van der Waals surface area contributed by atoms with E-state index in [1.807, 2.05) is 60.3 Å². The average Bonchev–Trinajstić information content (AvgIpc) is 3.21. The van der Waals surface area contributed by atoms with Gasteiger partial charge in [0.15, 0.2) is 5.13 Å². The maximum absolute atomic E-state index is 12.5. The van der Waals surface area contributed by atoms with Crippen LogP contribution in [0, 0.1) is 0 Å². The van der Waals surface area contributed by atoms with Gasteiger partial charge in [0.1, 0.15) is 4.88 Å². The molecule has 3 aromatic rings. The molecule has 3 rings (SSSR count). The summed E-state index contributed by atoms with van der Waals surface area (Å²) in [5.41, 5.74) is 1.79. The number of halogens is 1. The molecule has 0 aliphatic heterocycles. The normalized spacial score (nSPS) is 10.7. The van der Waals surface area contributed by atoms with E-state index >= 15 is 0 Å². The van der Waals surface area contributed by atoms with Crippen molar-refractivity contribution in [3.63, 3.8) is 0 Å². The van der Waals surface area contributed by atoms with E-state index in [0.717, 1.165) is 22.8 Å². The average molecular weight is 346 g/mol. The molecule has 0 bridgehead atoms. The van der Waals surface area contributed by atoms with Gasteiger partial charge >= 0.3 is 0 Å². The molecular weight excluding hydrogens is 330 g/mol. The first kappa shape index (κ1) is 15.8. The zero-order valence-electron chi connectivity index (χ0n) is 12.6. The lowest BCUT2D eigenvalue weighted by atomic mass is 10.2. The Balaban J connectivity index is 1.76. The van der Waals surface area contributed by atoms with Gasteiger partial charge in [0.05, 0.1) is 5.69 Å². The molecule has 118 valence electrons. The van der Waals surface area contributed by atoms with Crippen LogP contribution in [0.15, 0.2) is 48.8 Å². The summed E-state index contributed by atoms with van der Waals surface area (Å²) >= 11 is 7.36. The Morgan fingerprint density at radius 2 is 2.09 bits per heavy atom. The molecule has 0 radical (unpaired) electrons. The van der Waals surface area contributed by atoms with Gasteiger partial charge in [-0.2, -0.15) is 0 Å². The molecular formula is C17H16ClN3OS. The van der Waals surface area contributed by atoms with E-state index in [9.17, 15) is 4.79 Å². The second kappa shape index (κ2) is 6.98. The first-order valence-electron chi connectivity index (χ1n) is 7.33. The van der Waals surface area contributed by atoms with Crippen LogP contribution in [0.5, 0.6) is 0 Å². The number of aromatic nitrogens is 2. The van der Waals surface area contributed by atoms with Crippen LogP contribution < -0.4 is 5.32 Å². The minimum atomic E-state index is -0.0993. The van der Waals surface area contributed by atoms with Crippen molar-refractivity contribution >= 4 is 28.8 Å². The van der Waals surface area contributed by atoms with Gasteiger partial charge in [-0.3, -0.25) is 4.79 Å². The third-order valence-electron chi connectivity index (χ3n) is 3.39. The minimum Gasteiger partial charge on any atom is -0.347 e. The van der Waals surface area contributed by atoms with E-state index in [4.69, 9.17) is 11.6 Å². The van der Waals surface area contributed by atoms with Crippen LogP contribution >= 0.6 is 22.9 Å². The summed E-state index contributed by atoms with van der Waals surface area (Å²) in [4.78, 5) is 17.7. The number of benzene rings is 1. The fourth-order valence-electron chi connectivity index (χ4n) is 2.24. The molecule has 23 heavy (non-hydrogen) atoms. The molecule has 2 heterocycles. The summed E-state index contributed by atoms with van der Waals surface area (Å²) in [7, 11) is 0. The largest absolute Gasteiger partial charge is 0.347 e. The van der Waals surface area contributed by atoms with Gasteiger partial charge in [-0.1, -0.05) is 42.0 Å². The number of hydrogen-bond donors (Lipinski definition) is 1. The first-order valence-corrected chi connectivity index (χ1v) is 8.52. The fourth-order valence-corrected chi connectivity index (χ4v) is 3.49. The summed E-state index contributed by atoms with van der Waals surface area (Å²) in [6.07, 6.45) is 4.57. The van der Waals surface area contributed by atoms with Gasteiger partial charge in [0.25, 0.3) is 5.91 Å². The third-order valence-corrected chi connectivity index (χ3v) is 4.74. The van der Waals surface area contributed by atoms with Crippen LogP contribution in [-0.4, -0.2) is 15.5 Å². The predicted molar refractivity (Wildman–Crippen MR) is 93.4 cm³/mol. The Morgan fingerprint density at radius 3 is 2.78 bits per heavy atom. The molecule has 0 aliphatic carbocycles. The standard InChI is InChI=1S/C17H16ClN3OS/c1-2-14-15(23-17(20-14)21-8-3-4-9-21)16(22)19-11-12-6-5-7-13(18)10-12/h3-10H,2,11H2,1H3,(H,19,22). The van der Waals surface area contributed by atoms with Crippen molar-refractivity contribution in [1.29, 1.82) is 0 Å². The number of carbonyl (C=O) groups is 1. The summed E-state index contributed by atoms with van der Waals surface area (Å²) in [6, 6.07) is 11.3. The Morgan fingerprint density at radius 1 is 1.30 bits per heavy atom. The number of carbonyl (C=O) groups excluding carboxylic acids is 1. The molecule has 4 nitrogen and oxygen atoms in total. The van der Waals surface area contributed by atoms with Gasteiger partial charge in [-0.15, -0.1) is 0 Å². The number of nitrogens with one attached hydrogen (secondary N) is 1. The lowest BCUT2D eigenvalue weighted by molar-refractivity contribution is 0.0954. The highest BCUT2D eigenvalue weighted by atomic mass is 35.5. The zero-order chi connectivity index (χ0) is 16.2. The monoisotopic (exact) mass is 345 g/mol. The number of thiazole rings is 1. The molecule has 0 saturated heterocycles. The van der Waals surface area contributed by atoms with Crippen LogP contribution in [0.1, 0.15) is 27.9 Å². The van der Waals surface area contributed by atoms with Crippen molar-refractivity contribution in [2.75, 3.05) is 0 Å². The molecule has 0 atom stereocenters. The highest BCUT2D eigenvalue weighted by Gasteiger charge is 2.17. The van der Waals surface area contributed by atoms with Gasteiger partial charge in [0, 0.05) is 24.0 Å². The molecule has 0 aliphatic rings. The molecule has 0 saturated carbocycles. The molecule has 1 aromatic carbocycles. The van der Waals surface area contributed by atoms with Crippen molar-refractivity contribution < 1.29 is 4.79 Å². The zero-order valence-corrected chi connectivity index (χ0v) is 14.2. The van der Waals surface area contributed by atoms with Crippen LogP contribution in [-0.2, 0) is 13.0 Å². The lowest BCUT2D eigenvalue weighted by Gasteiger charge is -2.05. The van der Waals surface area contributed by atoms with E-state index in [2.05, 4.69) is 10.3 Å². The van der Waals surface area contributed by atoms with Crippen molar-refractivity contribution in [3.8, 4) is 5.13 Å². The molecule has 1 N–H and O–H groups in total. The van der Waals surface area contributed by atoms with E-state index in [-0.39, 0.29) is 5.91 Å². The van der Waals surface area contributed by atoms with Gasteiger partial charge < -0.3 is 9.88 Å². The molecule has 0 unspecified atom stereocenters. The van der Waals surface area contributed by atoms with Crippen LogP contribution in [0.4, 0.5) is 0 Å². The van der Waals surface area contributed by atoms with Crippen LogP contribution in [0.3, 0.4) is 0 Å². The van der Waals surface area contributed by atoms with E-state index in [1.165, 1.54) is 11.3 Å². The lowest BCUT2D eigenvalue weighted by Crippen LogP contribution is -2.22. The topological polar surface area (TPSA) is 46.9 Å². The Bertz CT molecular complexity index is 811. The first-order chi connectivity index (χ1) is 11.2. The third kappa shape index (κ3) is 3.63. The Hall–Kier alpha value is -2.11. The second-order valence-electron chi connectivity index (χ2n) is 5.03. The summed E-state index contributed by atoms with van der Waals surface area (Å²) < 4.78 is 1.91. The molecule has 2 aromatic heterocycles. The predicted octanol–water partition coefficient (Wildman–Crippen LogP) is 4.08. The SMILES string of the molecule is CCc1nc(-n2cccc2)sc1C(=O)NCc1cccc(Cl)c1. The number of hydrogen-bond acceptors (Lipinski definition) is 3.